The van der Waals surface area contributed by atoms with E-state index in [1.165, 1.54) is 19.8 Å². The molecule has 3 aliphatic rings. The minimum Gasteiger partial charge on any atom is -0.356 e. The fourth-order valence-corrected chi connectivity index (χ4v) is 4.87. The topological polar surface area (TPSA) is 118 Å². The van der Waals surface area contributed by atoms with E-state index in [1.54, 1.807) is 0 Å². The van der Waals surface area contributed by atoms with E-state index in [1.807, 2.05) is 0 Å². The van der Waals surface area contributed by atoms with E-state index in [-0.39, 0.29) is 36.5 Å². The molecule has 2 heterocycles. The maximum atomic E-state index is 12.5. The van der Waals surface area contributed by atoms with Gasteiger partial charge < -0.3 is 26.6 Å². The summed E-state index contributed by atoms with van der Waals surface area (Å²) in [6.07, 6.45) is 7.44. The van der Waals surface area contributed by atoms with Crippen LogP contribution in [0.5, 0.6) is 0 Å². The largest absolute Gasteiger partial charge is 0.356 e. The first kappa shape index (κ1) is 22.3. The van der Waals surface area contributed by atoms with Gasteiger partial charge in [0.25, 0.3) is 0 Å². The lowest BCUT2D eigenvalue weighted by Crippen LogP contribution is -2.68. The number of urea groups is 1. The number of fused-ring (bicyclic) bond motifs is 1. The number of carbonyl (C=O) groups excluding carboxylic acids is 2. The van der Waals surface area contributed by atoms with Gasteiger partial charge in [0.05, 0.1) is 6.17 Å². The van der Waals surface area contributed by atoms with Crippen molar-refractivity contribution in [3.63, 3.8) is 0 Å². The minimum atomic E-state index is -0.265. The SMILES string of the molecule is CC(=O)NCCCNC1CC(C)NC(NC(=O)NC2CCC3NCCCC3C2)N1. The second-order valence-corrected chi connectivity index (χ2v) is 8.84. The van der Waals surface area contributed by atoms with Crippen molar-refractivity contribution in [1.29, 1.82) is 0 Å². The Bertz CT molecular complexity index is 547. The van der Waals surface area contributed by atoms with Gasteiger partial charge in [0.15, 0.2) is 0 Å². The van der Waals surface area contributed by atoms with E-state index < -0.39 is 0 Å². The van der Waals surface area contributed by atoms with Gasteiger partial charge in [-0.3, -0.25) is 15.4 Å². The first-order valence-electron chi connectivity index (χ1n) is 11.3. The van der Waals surface area contributed by atoms with Gasteiger partial charge >= 0.3 is 6.03 Å². The number of carbonyl (C=O) groups is 2. The quantitative estimate of drug-likeness (QED) is 0.295. The van der Waals surface area contributed by atoms with Crippen LogP contribution >= 0.6 is 0 Å². The molecule has 1 aliphatic carbocycles. The summed E-state index contributed by atoms with van der Waals surface area (Å²) in [5, 5.41) is 22.9. The maximum absolute atomic E-state index is 12.5. The lowest BCUT2D eigenvalue weighted by molar-refractivity contribution is -0.118. The summed E-state index contributed by atoms with van der Waals surface area (Å²) in [6, 6.07) is 1.09. The maximum Gasteiger partial charge on any atom is 0.317 e. The second kappa shape index (κ2) is 11.1. The van der Waals surface area contributed by atoms with Crippen LogP contribution in [0.4, 0.5) is 4.79 Å². The highest BCUT2D eigenvalue weighted by Crippen LogP contribution is 2.30. The summed E-state index contributed by atoms with van der Waals surface area (Å²) in [4.78, 5) is 23.4. The Hall–Kier alpha value is -1.42. The van der Waals surface area contributed by atoms with E-state index in [2.05, 4.69) is 44.1 Å². The van der Waals surface area contributed by atoms with Gasteiger partial charge in [-0.05, 0) is 70.9 Å². The van der Waals surface area contributed by atoms with Crippen molar-refractivity contribution in [1.82, 2.24) is 37.2 Å². The molecular weight excluding hydrogens is 370 g/mol. The molecule has 166 valence electrons. The third-order valence-corrected chi connectivity index (χ3v) is 6.28. The summed E-state index contributed by atoms with van der Waals surface area (Å²) >= 11 is 0. The Morgan fingerprint density at radius 3 is 2.72 bits per heavy atom. The van der Waals surface area contributed by atoms with Crippen LogP contribution in [0, 0.1) is 5.92 Å². The van der Waals surface area contributed by atoms with E-state index in [0.717, 1.165) is 45.2 Å². The predicted molar refractivity (Wildman–Crippen MR) is 113 cm³/mol. The molecular formula is C20H39N7O2. The van der Waals surface area contributed by atoms with Crippen molar-refractivity contribution in [3.05, 3.63) is 0 Å². The molecule has 9 heteroatoms. The third kappa shape index (κ3) is 7.40. The molecule has 6 unspecified atom stereocenters. The molecule has 3 fully saturated rings. The highest BCUT2D eigenvalue weighted by Gasteiger charge is 2.33. The Morgan fingerprint density at radius 2 is 1.90 bits per heavy atom. The van der Waals surface area contributed by atoms with Crippen LogP contribution in [0.3, 0.4) is 0 Å². The highest BCUT2D eigenvalue weighted by molar-refractivity contribution is 5.74. The summed E-state index contributed by atoms with van der Waals surface area (Å²) in [7, 11) is 0. The summed E-state index contributed by atoms with van der Waals surface area (Å²) in [5.74, 6) is 0.696. The number of hydrogen-bond acceptors (Lipinski definition) is 6. The van der Waals surface area contributed by atoms with Crippen molar-refractivity contribution < 1.29 is 9.59 Å². The molecule has 6 atom stereocenters. The number of amides is 3. The second-order valence-electron chi connectivity index (χ2n) is 8.84. The lowest BCUT2D eigenvalue weighted by Gasteiger charge is -2.40. The van der Waals surface area contributed by atoms with Crippen molar-refractivity contribution in [2.24, 2.45) is 5.92 Å². The smallest absolute Gasteiger partial charge is 0.317 e. The first-order chi connectivity index (χ1) is 14.0. The van der Waals surface area contributed by atoms with Crippen LogP contribution in [-0.4, -0.2) is 62.2 Å². The van der Waals surface area contributed by atoms with Gasteiger partial charge in [0.2, 0.25) is 5.91 Å². The predicted octanol–water partition coefficient (Wildman–Crippen LogP) is -0.0968. The lowest BCUT2D eigenvalue weighted by atomic mass is 9.77. The van der Waals surface area contributed by atoms with Crippen LogP contribution in [0.25, 0.3) is 0 Å². The average molecular weight is 410 g/mol. The molecule has 2 aliphatic heterocycles. The van der Waals surface area contributed by atoms with Gasteiger partial charge in [-0.15, -0.1) is 0 Å². The molecule has 0 radical (unpaired) electrons. The zero-order valence-corrected chi connectivity index (χ0v) is 17.9. The van der Waals surface area contributed by atoms with Crippen molar-refractivity contribution in [2.75, 3.05) is 19.6 Å². The Balaban J connectivity index is 1.36. The van der Waals surface area contributed by atoms with Gasteiger partial charge in [-0.1, -0.05) is 0 Å². The third-order valence-electron chi connectivity index (χ3n) is 6.28. The first-order valence-corrected chi connectivity index (χ1v) is 11.3. The zero-order valence-electron chi connectivity index (χ0n) is 17.9. The molecule has 3 rings (SSSR count). The number of rotatable bonds is 7. The summed E-state index contributed by atoms with van der Waals surface area (Å²) < 4.78 is 0. The normalized spacial score (nSPS) is 34.7. The molecule has 0 aromatic rings. The van der Waals surface area contributed by atoms with Crippen LogP contribution in [0.1, 0.15) is 58.8 Å². The van der Waals surface area contributed by atoms with E-state index in [9.17, 15) is 9.59 Å². The fourth-order valence-electron chi connectivity index (χ4n) is 4.87. The van der Waals surface area contributed by atoms with Crippen molar-refractivity contribution in [3.8, 4) is 0 Å². The molecule has 0 spiro atoms. The minimum absolute atomic E-state index is 0.00197. The molecule has 0 aromatic heterocycles. The Labute approximate surface area is 174 Å². The Morgan fingerprint density at radius 1 is 1.03 bits per heavy atom. The Kier molecular flexibility index (Phi) is 8.53. The summed E-state index contributed by atoms with van der Waals surface area (Å²) in [6.45, 7) is 6.27. The zero-order chi connectivity index (χ0) is 20.6. The molecule has 0 aromatic carbocycles. The molecule has 3 amide bonds. The van der Waals surface area contributed by atoms with E-state index in [0.29, 0.717) is 18.5 Å². The molecule has 0 bridgehead atoms. The van der Waals surface area contributed by atoms with Gasteiger partial charge in [-0.2, -0.15) is 0 Å². The van der Waals surface area contributed by atoms with Crippen LogP contribution in [0.2, 0.25) is 0 Å². The average Bonchev–Trinajstić information content (AvgIpc) is 2.67. The van der Waals surface area contributed by atoms with E-state index in [4.69, 9.17) is 0 Å². The van der Waals surface area contributed by atoms with Gasteiger partial charge in [0.1, 0.15) is 6.29 Å². The number of nitrogens with one attached hydrogen (secondary N) is 7. The van der Waals surface area contributed by atoms with Gasteiger partial charge in [-0.25, -0.2) is 4.79 Å². The fraction of sp³-hybridized carbons (Fsp3) is 0.900. The summed E-state index contributed by atoms with van der Waals surface area (Å²) in [5.41, 5.74) is 0. The molecule has 2 saturated heterocycles. The van der Waals surface area contributed by atoms with Crippen molar-refractivity contribution in [2.45, 2.75) is 89.4 Å². The van der Waals surface area contributed by atoms with Crippen molar-refractivity contribution >= 4 is 11.9 Å². The van der Waals surface area contributed by atoms with Crippen LogP contribution in [0.15, 0.2) is 0 Å². The molecule has 7 N–H and O–H groups in total. The number of piperidine rings is 1. The highest BCUT2D eigenvalue weighted by atomic mass is 16.2. The van der Waals surface area contributed by atoms with Gasteiger partial charge in [0, 0.05) is 31.6 Å². The van der Waals surface area contributed by atoms with E-state index >= 15 is 0 Å². The van der Waals surface area contributed by atoms with Crippen LogP contribution < -0.4 is 37.2 Å². The van der Waals surface area contributed by atoms with Crippen LogP contribution in [-0.2, 0) is 4.79 Å². The molecule has 9 nitrogen and oxygen atoms in total. The number of hydrogen-bond donors (Lipinski definition) is 7. The molecule has 1 saturated carbocycles. The molecule has 29 heavy (non-hydrogen) atoms. The monoisotopic (exact) mass is 409 g/mol. The standard InChI is InChI=1S/C20H39N7O2/c1-13-11-18(23-10-4-9-21-14(2)28)26-19(24-13)27-20(29)25-16-6-7-17-15(12-16)5-3-8-22-17/h13,15-19,22-24,26H,3-12H2,1-2H3,(H,21,28)(H2,25,27,29).